The second-order valence-electron chi connectivity index (χ2n) is 2.54. The van der Waals surface area contributed by atoms with Gasteiger partial charge in [0.05, 0.1) is 0 Å². The molecule has 0 aromatic rings. The lowest BCUT2D eigenvalue weighted by Crippen LogP contribution is -2.08. The summed E-state index contributed by atoms with van der Waals surface area (Å²) >= 11 is 0. The lowest BCUT2D eigenvalue weighted by atomic mass is 9.96. The smallest absolute Gasteiger partial charge is 0.116 e. The third-order valence-electron chi connectivity index (χ3n) is 1.84. The maximum atomic E-state index is 4.20. The van der Waals surface area contributed by atoms with E-state index in [-0.39, 0.29) is 0 Å². The first-order valence-electron chi connectivity index (χ1n) is 3.62. The lowest BCUT2D eigenvalue weighted by Gasteiger charge is -2.15. The minimum absolute atomic E-state index is 0.989. The standard InChI is InChI=1S/C9H9N/c1-2-6-9-8(4-1)5-3-7-10-9/h1-2,4H,3,5-6H2. The topological polar surface area (TPSA) is 12.4 Å². The highest BCUT2D eigenvalue weighted by atomic mass is 14.7. The van der Waals surface area contributed by atoms with Crippen LogP contribution in [0.2, 0.25) is 0 Å². The van der Waals surface area contributed by atoms with Crippen molar-refractivity contribution in [2.45, 2.75) is 19.3 Å². The summed E-state index contributed by atoms with van der Waals surface area (Å²) in [6.45, 7) is 3.00. The molecule has 0 fully saturated rings. The van der Waals surface area contributed by atoms with Gasteiger partial charge < -0.3 is 0 Å². The number of hydrogen-bond acceptors (Lipinski definition) is 1. The molecular weight excluding hydrogens is 122 g/mol. The van der Waals surface area contributed by atoms with Crippen molar-refractivity contribution >= 4 is 5.71 Å². The van der Waals surface area contributed by atoms with Crippen molar-refractivity contribution in [3.05, 3.63) is 30.3 Å². The Morgan fingerprint density at radius 1 is 1.50 bits per heavy atom. The minimum atomic E-state index is 0.989. The zero-order chi connectivity index (χ0) is 6.81. The van der Waals surface area contributed by atoms with Crippen LogP contribution in [0.15, 0.2) is 28.8 Å². The van der Waals surface area contributed by atoms with Crippen LogP contribution >= 0.6 is 0 Å². The van der Waals surface area contributed by atoms with Crippen molar-refractivity contribution in [3.63, 3.8) is 0 Å². The van der Waals surface area contributed by atoms with Gasteiger partial charge in [0.15, 0.2) is 0 Å². The van der Waals surface area contributed by atoms with E-state index in [4.69, 9.17) is 0 Å². The number of allylic oxidation sites excluding steroid dienone is 4. The molecule has 10 heavy (non-hydrogen) atoms. The molecule has 1 aliphatic heterocycles. The van der Waals surface area contributed by atoms with Crippen LogP contribution in [0, 0.1) is 6.54 Å². The Hall–Kier alpha value is -0.850. The second kappa shape index (κ2) is 2.41. The molecule has 0 unspecified atom stereocenters. The Balaban J connectivity index is 2.32. The van der Waals surface area contributed by atoms with Crippen LogP contribution in [0.5, 0.6) is 0 Å². The van der Waals surface area contributed by atoms with E-state index in [0.29, 0.717) is 0 Å². The Morgan fingerprint density at radius 3 is 3.40 bits per heavy atom. The lowest BCUT2D eigenvalue weighted by molar-refractivity contribution is 0.895. The highest BCUT2D eigenvalue weighted by Gasteiger charge is 2.11. The molecule has 0 amide bonds. The molecule has 0 bridgehead atoms. The molecule has 0 atom stereocenters. The van der Waals surface area contributed by atoms with E-state index in [2.05, 4.69) is 29.8 Å². The van der Waals surface area contributed by atoms with Crippen molar-refractivity contribution in [1.29, 1.82) is 0 Å². The van der Waals surface area contributed by atoms with E-state index in [1.54, 1.807) is 0 Å². The third kappa shape index (κ3) is 0.919. The van der Waals surface area contributed by atoms with Crippen LogP contribution in [0.3, 0.4) is 0 Å². The Morgan fingerprint density at radius 2 is 2.50 bits per heavy atom. The molecule has 1 heterocycles. The van der Waals surface area contributed by atoms with E-state index in [9.17, 15) is 0 Å². The van der Waals surface area contributed by atoms with Gasteiger partial charge in [-0.15, -0.1) is 0 Å². The van der Waals surface area contributed by atoms with Gasteiger partial charge in [-0.1, -0.05) is 18.2 Å². The number of nitrogens with zero attached hydrogens (tertiary/aromatic N) is 1. The van der Waals surface area contributed by atoms with Gasteiger partial charge in [-0.25, -0.2) is 0 Å². The molecule has 1 heteroatoms. The van der Waals surface area contributed by atoms with Crippen LogP contribution in [-0.4, -0.2) is 5.71 Å². The molecule has 2 rings (SSSR count). The second-order valence-corrected chi connectivity index (χ2v) is 2.54. The van der Waals surface area contributed by atoms with Gasteiger partial charge in [0.1, 0.15) is 6.54 Å². The van der Waals surface area contributed by atoms with Crippen LogP contribution in [0.4, 0.5) is 0 Å². The van der Waals surface area contributed by atoms with E-state index in [1.165, 1.54) is 11.3 Å². The van der Waals surface area contributed by atoms with Gasteiger partial charge in [0.25, 0.3) is 0 Å². The summed E-state index contributed by atoms with van der Waals surface area (Å²) in [6.07, 6.45) is 9.52. The van der Waals surface area contributed by atoms with Gasteiger partial charge in [-0.2, -0.15) is 0 Å². The summed E-state index contributed by atoms with van der Waals surface area (Å²) in [5, 5.41) is 0. The van der Waals surface area contributed by atoms with Crippen molar-refractivity contribution in [2.24, 2.45) is 4.99 Å². The zero-order valence-electron chi connectivity index (χ0n) is 5.80. The molecule has 0 N–H and O–H groups in total. The van der Waals surface area contributed by atoms with Crippen LogP contribution in [-0.2, 0) is 0 Å². The summed E-state index contributed by atoms with van der Waals surface area (Å²) in [7, 11) is 0. The average molecular weight is 131 g/mol. The van der Waals surface area contributed by atoms with Gasteiger partial charge in [0.2, 0.25) is 0 Å². The number of fused-ring (bicyclic) bond motifs is 1. The van der Waals surface area contributed by atoms with Crippen molar-refractivity contribution in [3.8, 4) is 0 Å². The molecule has 0 aromatic heterocycles. The first-order chi connectivity index (χ1) is 4.97. The summed E-state index contributed by atoms with van der Waals surface area (Å²) in [6, 6.07) is 0. The van der Waals surface area contributed by atoms with E-state index in [1.807, 2.05) is 0 Å². The molecule has 0 saturated heterocycles. The van der Waals surface area contributed by atoms with Gasteiger partial charge in [-0.3, -0.25) is 4.99 Å². The Bertz CT molecular complexity index is 221. The van der Waals surface area contributed by atoms with Gasteiger partial charge in [-0.05, 0) is 18.4 Å². The largest absolute Gasteiger partial charge is 0.277 e. The SMILES string of the molecule is [C]1CCC2=CC=CCC2=N1. The fraction of sp³-hybridized carbons (Fsp3) is 0.333. The van der Waals surface area contributed by atoms with Crippen LogP contribution in [0.25, 0.3) is 0 Å². The van der Waals surface area contributed by atoms with Gasteiger partial charge >= 0.3 is 0 Å². The molecule has 1 nitrogen and oxygen atoms in total. The summed E-state index contributed by atoms with van der Waals surface area (Å²) in [5.41, 5.74) is 2.62. The fourth-order valence-electron chi connectivity index (χ4n) is 1.28. The predicted octanol–water partition coefficient (Wildman–Crippen LogP) is 2.15. The van der Waals surface area contributed by atoms with E-state index in [0.717, 1.165) is 19.3 Å². The number of hydrogen-bond donors (Lipinski definition) is 0. The number of rotatable bonds is 0. The molecule has 2 aliphatic rings. The molecule has 2 radical (unpaired) electrons. The zero-order valence-corrected chi connectivity index (χ0v) is 5.80. The van der Waals surface area contributed by atoms with Crippen molar-refractivity contribution in [2.75, 3.05) is 0 Å². The van der Waals surface area contributed by atoms with Crippen molar-refractivity contribution in [1.82, 2.24) is 0 Å². The maximum Gasteiger partial charge on any atom is 0.116 e. The van der Waals surface area contributed by atoms with E-state index >= 15 is 0 Å². The first-order valence-corrected chi connectivity index (χ1v) is 3.62. The monoisotopic (exact) mass is 131 g/mol. The Labute approximate surface area is 61.2 Å². The van der Waals surface area contributed by atoms with Crippen LogP contribution < -0.4 is 0 Å². The normalized spacial score (nSPS) is 23.2. The molecular formula is C9H9N. The molecule has 0 aromatic carbocycles. The summed E-state index contributed by atoms with van der Waals surface area (Å²) < 4.78 is 0. The molecule has 50 valence electrons. The molecule has 1 aliphatic carbocycles. The number of aliphatic imine (C=N–C) groups is 1. The highest BCUT2D eigenvalue weighted by Crippen LogP contribution is 2.20. The predicted molar refractivity (Wildman–Crippen MR) is 41.8 cm³/mol. The molecule has 0 saturated carbocycles. The summed E-state index contributed by atoms with van der Waals surface area (Å²) in [5.74, 6) is 0. The minimum Gasteiger partial charge on any atom is -0.277 e. The third-order valence-corrected chi connectivity index (χ3v) is 1.84. The Kier molecular flexibility index (Phi) is 1.42. The van der Waals surface area contributed by atoms with Crippen molar-refractivity contribution < 1.29 is 0 Å². The highest BCUT2D eigenvalue weighted by molar-refractivity contribution is 6.02. The average Bonchev–Trinajstić information content (AvgIpc) is 2.05. The fourth-order valence-corrected chi connectivity index (χ4v) is 1.28. The first kappa shape index (κ1) is 5.90. The maximum absolute atomic E-state index is 4.20. The van der Waals surface area contributed by atoms with Crippen LogP contribution in [0.1, 0.15) is 19.3 Å². The quantitative estimate of drug-likeness (QED) is 0.477. The molecule has 0 spiro atoms. The summed E-state index contributed by atoms with van der Waals surface area (Å²) in [4.78, 5) is 4.20. The van der Waals surface area contributed by atoms with Gasteiger partial charge in [0, 0.05) is 12.1 Å². The van der Waals surface area contributed by atoms with E-state index < -0.39 is 0 Å².